The lowest BCUT2D eigenvalue weighted by Crippen LogP contribution is -2.31. The molecule has 0 aliphatic carbocycles. The highest BCUT2D eigenvalue weighted by Gasteiger charge is 2.31. The van der Waals surface area contributed by atoms with Crippen LogP contribution in [0.1, 0.15) is 29.6 Å². The molecule has 0 saturated carbocycles. The zero-order chi connectivity index (χ0) is 18.9. The van der Waals surface area contributed by atoms with Gasteiger partial charge in [-0.2, -0.15) is 5.10 Å². The second kappa shape index (κ2) is 7.10. The molecule has 0 spiro atoms. The van der Waals surface area contributed by atoms with Gasteiger partial charge in [0, 0.05) is 44.6 Å². The number of pyridine rings is 1. The van der Waals surface area contributed by atoms with E-state index in [0.29, 0.717) is 24.3 Å². The molecule has 1 amide bonds. The monoisotopic (exact) mass is 378 g/mol. The first-order chi connectivity index (χ1) is 13.8. The van der Waals surface area contributed by atoms with Gasteiger partial charge in [0.15, 0.2) is 17.2 Å². The molecule has 3 aromatic heterocycles. The van der Waals surface area contributed by atoms with Crippen LogP contribution in [0.5, 0.6) is 5.75 Å². The number of likely N-dealkylation sites (tertiary alicyclic amines) is 1. The number of anilines is 1. The Balaban J connectivity index is 1.30. The molecular weight excluding hydrogens is 356 g/mol. The van der Waals surface area contributed by atoms with Gasteiger partial charge in [0.05, 0.1) is 12.7 Å². The Bertz CT molecular complexity index is 997. The molecule has 5 heterocycles. The predicted octanol–water partition coefficient (Wildman–Crippen LogP) is 2.02. The highest BCUT2D eigenvalue weighted by molar-refractivity contribution is 5.99. The molecule has 2 aliphatic rings. The molecule has 8 nitrogen and oxygen atoms in total. The summed E-state index contributed by atoms with van der Waals surface area (Å²) in [5.41, 5.74) is 1.11. The lowest BCUT2D eigenvalue weighted by Gasteiger charge is -2.22. The average Bonchev–Trinajstić information content (AvgIpc) is 3.48. The number of fused-ring (bicyclic) bond motifs is 1. The van der Waals surface area contributed by atoms with E-state index in [1.807, 2.05) is 23.2 Å². The minimum Gasteiger partial charge on any atom is -0.485 e. The molecule has 1 atom stereocenters. The summed E-state index contributed by atoms with van der Waals surface area (Å²) in [6.45, 7) is 3.25. The Morgan fingerprint density at radius 2 is 1.96 bits per heavy atom. The van der Waals surface area contributed by atoms with Crippen molar-refractivity contribution < 1.29 is 9.53 Å². The summed E-state index contributed by atoms with van der Waals surface area (Å²) in [6, 6.07) is 5.66. The van der Waals surface area contributed by atoms with Crippen LogP contribution < -0.4 is 9.64 Å². The first-order valence-corrected chi connectivity index (χ1v) is 9.74. The summed E-state index contributed by atoms with van der Waals surface area (Å²) in [6.07, 6.45) is 10.00. The van der Waals surface area contributed by atoms with Gasteiger partial charge in [-0.25, -0.2) is 14.5 Å². The third-order valence-electron chi connectivity index (χ3n) is 5.39. The SMILES string of the molecule is O=C(c1cnn2cccnc12)N1CCC(Oc2cccnc2N2CCCC2)C1. The molecule has 0 aromatic carbocycles. The fourth-order valence-electron chi connectivity index (χ4n) is 3.98. The number of amides is 1. The molecule has 144 valence electrons. The lowest BCUT2D eigenvalue weighted by atomic mass is 10.3. The number of hydrogen-bond acceptors (Lipinski definition) is 6. The molecule has 0 bridgehead atoms. The molecule has 3 aromatic rings. The van der Waals surface area contributed by atoms with Crippen LogP contribution in [0.2, 0.25) is 0 Å². The van der Waals surface area contributed by atoms with E-state index in [1.165, 1.54) is 12.8 Å². The smallest absolute Gasteiger partial charge is 0.259 e. The second-order valence-electron chi connectivity index (χ2n) is 7.25. The highest BCUT2D eigenvalue weighted by Crippen LogP contribution is 2.30. The molecular formula is C20H22N6O2. The van der Waals surface area contributed by atoms with Crippen molar-refractivity contribution in [1.29, 1.82) is 0 Å². The summed E-state index contributed by atoms with van der Waals surface area (Å²) >= 11 is 0. The van der Waals surface area contributed by atoms with E-state index >= 15 is 0 Å². The van der Waals surface area contributed by atoms with Crippen LogP contribution >= 0.6 is 0 Å². The number of carbonyl (C=O) groups is 1. The molecule has 2 saturated heterocycles. The Hall–Kier alpha value is -3.16. The van der Waals surface area contributed by atoms with Crippen LogP contribution in [-0.4, -0.2) is 62.7 Å². The molecule has 2 aliphatic heterocycles. The third-order valence-corrected chi connectivity index (χ3v) is 5.39. The summed E-state index contributed by atoms with van der Waals surface area (Å²) in [5.74, 6) is 1.67. The van der Waals surface area contributed by atoms with Crippen LogP contribution in [0.15, 0.2) is 43.0 Å². The molecule has 28 heavy (non-hydrogen) atoms. The van der Waals surface area contributed by atoms with E-state index in [4.69, 9.17) is 4.74 Å². The van der Waals surface area contributed by atoms with E-state index in [0.717, 1.165) is 31.1 Å². The van der Waals surface area contributed by atoms with Gasteiger partial charge in [-0.1, -0.05) is 0 Å². The summed E-state index contributed by atoms with van der Waals surface area (Å²) in [4.78, 5) is 25.9. The van der Waals surface area contributed by atoms with Gasteiger partial charge in [-0.05, 0) is 31.0 Å². The number of nitrogens with zero attached hydrogens (tertiary/aromatic N) is 6. The van der Waals surface area contributed by atoms with E-state index in [-0.39, 0.29) is 12.0 Å². The Labute approximate surface area is 162 Å². The molecule has 2 fully saturated rings. The van der Waals surface area contributed by atoms with Gasteiger partial charge in [0.25, 0.3) is 5.91 Å². The van der Waals surface area contributed by atoms with Crippen molar-refractivity contribution in [2.45, 2.75) is 25.4 Å². The topological polar surface area (TPSA) is 75.9 Å². The van der Waals surface area contributed by atoms with Crippen molar-refractivity contribution in [1.82, 2.24) is 24.5 Å². The van der Waals surface area contributed by atoms with E-state index in [2.05, 4.69) is 20.0 Å². The van der Waals surface area contributed by atoms with Crippen LogP contribution in [0.4, 0.5) is 5.82 Å². The molecule has 0 radical (unpaired) electrons. The van der Waals surface area contributed by atoms with Gasteiger partial charge < -0.3 is 14.5 Å². The number of hydrogen-bond donors (Lipinski definition) is 0. The van der Waals surface area contributed by atoms with Crippen molar-refractivity contribution >= 4 is 17.4 Å². The maximum atomic E-state index is 13.0. The number of aromatic nitrogens is 4. The summed E-state index contributed by atoms with van der Waals surface area (Å²) in [5, 5.41) is 4.22. The van der Waals surface area contributed by atoms with Gasteiger partial charge in [0.2, 0.25) is 0 Å². The Kier molecular flexibility index (Phi) is 4.31. The van der Waals surface area contributed by atoms with Crippen LogP contribution in [0.25, 0.3) is 5.65 Å². The maximum Gasteiger partial charge on any atom is 0.259 e. The summed E-state index contributed by atoms with van der Waals surface area (Å²) in [7, 11) is 0. The van der Waals surface area contributed by atoms with Gasteiger partial charge in [0.1, 0.15) is 11.7 Å². The zero-order valence-corrected chi connectivity index (χ0v) is 15.6. The van der Waals surface area contributed by atoms with Gasteiger partial charge in [-0.15, -0.1) is 0 Å². The Morgan fingerprint density at radius 3 is 2.86 bits per heavy atom. The maximum absolute atomic E-state index is 13.0. The van der Waals surface area contributed by atoms with Crippen molar-refractivity contribution in [2.24, 2.45) is 0 Å². The van der Waals surface area contributed by atoms with Crippen molar-refractivity contribution in [2.75, 3.05) is 31.1 Å². The highest BCUT2D eigenvalue weighted by atomic mass is 16.5. The standard InChI is InChI=1S/C20H22N6O2/c27-20(16-13-23-26-11-4-8-21-18(16)26)25-12-6-15(14-25)28-17-5-3-7-22-19(17)24-9-1-2-10-24/h3-5,7-8,11,13,15H,1-2,6,9-10,12,14H2. The van der Waals surface area contributed by atoms with Gasteiger partial charge >= 0.3 is 0 Å². The molecule has 8 heteroatoms. The number of carbonyl (C=O) groups excluding carboxylic acids is 1. The quantitative estimate of drug-likeness (QED) is 0.691. The lowest BCUT2D eigenvalue weighted by molar-refractivity contribution is 0.0774. The minimum atomic E-state index is -0.0502. The summed E-state index contributed by atoms with van der Waals surface area (Å²) < 4.78 is 7.89. The number of ether oxygens (including phenoxy) is 1. The largest absolute Gasteiger partial charge is 0.485 e. The molecule has 5 rings (SSSR count). The van der Waals surface area contributed by atoms with E-state index < -0.39 is 0 Å². The van der Waals surface area contributed by atoms with Crippen molar-refractivity contribution in [3.63, 3.8) is 0 Å². The fourth-order valence-corrected chi connectivity index (χ4v) is 3.98. The fraction of sp³-hybridized carbons (Fsp3) is 0.400. The zero-order valence-electron chi connectivity index (χ0n) is 15.6. The van der Waals surface area contributed by atoms with Crippen LogP contribution in [0.3, 0.4) is 0 Å². The van der Waals surface area contributed by atoms with Crippen molar-refractivity contribution in [3.05, 3.63) is 48.5 Å². The van der Waals surface area contributed by atoms with Crippen LogP contribution in [-0.2, 0) is 0 Å². The average molecular weight is 378 g/mol. The minimum absolute atomic E-state index is 0.0377. The Morgan fingerprint density at radius 1 is 1.11 bits per heavy atom. The first kappa shape index (κ1) is 17.0. The van der Waals surface area contributed by atoms with Gasteiger partial charge in [-0.3, -0.25) is 4.79 Å². The van der Waals surface area contributed by atoms with Crippen LogP contribution in [0, 0.1) is 0 Å². The first-order valence-electron chi connectivity index (χ1n) is 9.74. The predicted molar refractivity (Wildman–Crippen MR) is 104 cm³/mol. The third kappa shape index (κ3) is 3.04. The van der Waals surface area contributed by atoms with Crippen molar-refractivity contribution in [3.8, 4) is 5.75 Å². The molecule has 0 N–H and O–H groups in total. The van der Waals surface area contributed by atoms with E-state index in [9.17, 15) is 4.79 Å². The molecule has 1 unspecified atom stereocenters. The number of rotatable bonds is 4. The van der Waals surface area contributed by atoms with E-state index in [1.54, 1.807) is 29.2 Å². The second-order valence-corrected chi connectivity index (χ2v) is 7.25. The normalized spacial score (nSPS) is 19.5.